The van der Waals surface area contributed by atoms with Gasteiger partial charge in [0.1, 0.15) is 0 Å². The molecule has 68 valence electrons. The van der Waals surface area contributed by atoms with Gasteiger partial charge in [-0.25, -0.2) is 0 Å². The molecule has 0 nitrogen and oxygen atoms in total. The minimum atomic E-state index is 0.937. The fraction of sp³-hybridized carbons (Fsp3) is 0.111. The van der Waals surface area contributed by atoms with Crippen molar-refractivity contribution in [3.05, 3.63) is 31.1 Å². The molecule has 0 radical (unpaired) electrons. The molecule has 1 heterocycles. The lowest BCUT2D eigenvalue weighted by Gasteiger charge is -1.94. The highest BCUT2D eigenvalue weighted by molar-refractivity contribution is 14.1. The van der Waals surface area contributed by atoms with Gasteiger partial charge in [0.25, 0.3) is 0 Å². The first kappa shape index (κ1) is 10.4. The largest absolute Gasteiger partial charge is 0.129 e. The number of hydrogen-bond donors (Lipinski definition) is 0. The highest BCUT2D eigenvalue weighted by atomic mass is 127. The van der Waals surface area contributed by atoms with Crippen molar-refractivity contribution in [3.8, 4) is 0 Å². The zero-order valence-corrected chi connectivity index (χ0v) is 12.6. The Hall–Kier alpha value is 0.870. The number of halogens is 3. The van der Waals surface area contributed by atoms with Crippen LogP contribution in [0.1, 0.15) is 5.56 Å². The third-order valence-corrected chi connectivity index (χ3v) is 5.19. The Balaban J connectivity index is 2.79. The quantitative estimate of drug-likeness (QED) is 0.432. The van der Waals surface area contributed by atoms with Crippen LogP contribution in [0.25, 0.3) is 10.1 Å². The van der Waals surface area contributed by atoms with E-state index in [1.54, 1.807) is 0 Å². The molecule has 0 saturated carbocycles. The van der Waals surface area contributed by atoms with E-state index in [-0.39, 0.29) is 0 Å². The number of fused-ring (bicyclic) bond motifs is 1. The van der Waals surface area contributed by atoms with Crippen molar-refractivity contribution in [1.82, 2.24) is 0 Å². The minimum absolute atomic E-state index is 0.937. The van der Waals surface area contributed by atoms with Crippen LogP contribution in [0.2, 0.25) is 0 Å². The van der Waals surface area contributed by atoms with Crippen molar-refractivity contribution < 1.29 is 0 Å². The van der Waals surface area contributed by atoms with Crippen LogP contribution < -0.4 is 0 Å². The minimum Gasteiger partial charge on any atom is -0.129 e. The molecule has 4 heteroatoms. The van der Waals surface area contributed by atoms with Crippen molar-refractivity contribution in [3.63, 3.8) is 0 Å². The van der Waals surface area contributed by atoms with E-state index >= 15 is 0 Å². The van der Waals surface area contributed by atoms with Crippen LogP contribution in [0.5, 0.6) is 0 Å². The van der Waals surface area contributed by atoms with Crippen LogP contribution >= 0.6 is 65.8 Å². The van der Waals surface area contributed by atoms with Gasteiger partial charge in [-0.1, -0.05) is 37.9 Å². The predicted molar refractivity (Wildman–Crippen MR) is 74.9 cm³/mol. The zero-order valence-electron chi connectivity index (χ0n) is 6.48. The molecular weight excluding hydrogens is 427 g/mol. The molecule has 0 N–H and O–H groups in total. The van der Waals surface area contributed by atoms with E-state index in [4.69, 9.17) is 0 Å². The standard InChI is InChI=1S/C9H5Br2IS/c10-4-7-6-2-1-5(11)3-8(6)13-9(7)12/h1-3H,4H2. The first-order chi connectivity index (χ1) is 6.22. The molecule has 0 aliphatic rings. The van der Waals surface area contributed by atoms with Crippen LogP contribution in [-0.2, 0) is 5.33 Å². The maximum absolute atomic E-state index is 3.52. The summed E-state index contributed by atoms with van der Waals surface area (Å²) in [5.74, 6) is 0. The van der Waals surface area contributed by atoms with Crippen LogP contribution in [0.15, 0.2) is 22.7 Å². The van der Waals surface area contributed by atoms with Gasteiger partial charge in [-0.3, -0.25) is 0 Å². The lowest BCUT2D eigenvalue weighted by Crippen LogP contribution is -1.75. The third-order valence-electron chi connectivity index (χ3n) is 1.84. The Kier molecular flexibility index (Phi) is 3.33. The van der Waals surface area contributed by atoms with E-state index in [1.165, 1.54) is 18.5 Å². The molecule has 0 amide bonds. The van der Waals surface area contributed by atoms with Crippen molar-refractivity contribution in [2.45, 2.75) is 5.33 Å². The molecule has 0 aliphatic carbocycles. The molecule has 0 atom stereocenters. The second-order valence-corrected chi connectivity index (χ2v) is 6.97. The van der Waals surface area contributed by atoms with Crippen molar-refractivity contribution in [1.29, 1.82) is 0 Å². The molecule has 0 spiro atoms. The Morgan fingerprint density at radius 3 is 2.85 bits per heavy atom. The molecular formula is C9H5Br2IS. The number of thiophene rings is 1. The monoisotopic (exact) mass is 430 g/mol. The SMILES string of the molecule is BrCc1c(I)sc2cc(Br)ccc12. The van der Waals surface area contributed by atoms with E-state index in [0.717, 1.165) is 9.80 Å². The van der Waals surface area contributed by atoms with Crippen LogP contribution in [-0.4, -0.2) is 0 Å². The number of rotatable bonds is 1. The summed E-state index contributed by atoms with van der Waals surface area (Å²) in [6, 6.07) is 6.44. The van der Waals surface area contributed by atoms with Crippen LogP contribution in [0, 0.1) is 2.88 Å². The number of hydrogen-bond acceptors (Lipinski definition) is 1. The fourth-order valence-electron chi connectivity index (χ4n) is 1.22. The molecule has 0 aliphatic heterocycles. The van der Waals surface area contributed by atoms with Gasteiger partial charge in [-0.05, 0) is 45.7 Å². The molecule has 2 aromatic rings. The van der Waals surface area contributed by atoms with Gasteiger partial charge >= 0.3 is 0 Å². The average Bonchev–Trinajstić information content (AvgIpc) is 2.39. The van der Waals surface area contributed by atoms with E-state index in [9.17, 15) is 0 Å². The predicted octanol–water partition coefficient (Wildman–Crippen LogP) is 5.16. The molecule has 0 fully saturated rings. The Morgan fingerprint density at radius 2 is 2.15 bits per heavy atom. The van der Waals surface area contributed by atoms with Crippen molar-refractivity contribution in [2.24, 2.45) is 0 Å². The molecule has 1 aromatic heterocycles. The third kappa shape index (κ3) is 1.96. The van der Waals surface area contributed by atoms with Gasteiger partial charge in [-0.2, -0.15) is 0 Å². The zero-order chi connectivity index (χ0) is 9.42. The lowest BCUT2D eigenvalue weighted by atomic mass is 10.2. The maximum atomic E-state index is 3.52. The summed E-state index contributed by atoms with van der Waals surface area (Å²) in [5, 5.41) is 2.31. The molecule has 0 unspecified atom stereocenters. The number of benzene rings is 1. The summed E-state index contributed by atoms with van der Waals surface area (Å²) < 4.78 is 3.88. The van der Waals surface area contributed by atoms with Crippen LogP contribution in [0.4, 0.5) is 0 Å². The van der Waals surface area contributed by atoms with Gasteiger partial charge in [0.2, 0.25) is 0 Å². The van der Waals surface area contributed by atoms with E-state index in [0.29, 0.717) is 0 Å². The molecule has 1 aromatic carbocycles. The highest BCUT2D eigenvalue weighted by Gasteiger charge is 2.08. The molecule has 0 saturated heterocycles. The number of alkyl halides is 1. The van der Waals surface area contributed by atoms with Gasteiger partial charge in [0.05, 0.1) is 2.88 Å². The average molecular weight is 432 g/mol. The summed E-state index contributed by atoms with van der Waals surface area (Å²) in [7, 11) is 0. The van der Waals surface area contributed by atoms with Gasteiger partial charge in [-0.15, -0.1) is 11.3 Å². The second-order valence-electron chi connectivity index (χ2n) is 2.63. The summed E-state index contributed by atoms with van der Waals surface area (Å²) in [4.78, 5) is 0. The summed E-state index contributed by atoms with van der Waals surface area (Å²) in [6.07, 6.45) is 0. The highest BCUT2D eigenvalue weighted by Crippen LogP contribution is 2.35. The van der Waals surface area contributed by atoms with Gasteiger partial charge in [0, 0.05) is 14.5 Å². The van der Waals surface area contributed by atoms with Crippen molar-refractivity contribution in [2.75, 3.05) is 0 Å². The van der Waals surface area contributed by atoms with E-state index < -0.39 is 0 Å². The molecule has 13 heavy (non-hydrogen) atoms. The Morgan fingerprint density at radius 1 is 1.38 bits per heavy atom. The summed E-state index contributed by atoms with van der Waals surface area (Å²) >= 11 is 11.2. The first-order valence-electron chi connectivity index (χ1n) is 3.65. The van der Waals surface area contributed by atoms with Crippen LogP contribution in [0.3, 0.4) is 0 Å². The summed E-state index contributed by atoms with van der Waals surface area (Å²) in [6.45, 7) is 0. The van der Waals surface area contributed by atoms with E-state index in [2.05, 4.69) is 72.6 Å². The maximum Gasteiger partial charge on any atom is 0.0706 e. The van der Waals surface area contributed by atoms with Crippen molar-refractivity contribution >= 4 is 75.9 Å². The van der Waals surface area contributed by atoms with Gasteiger partial charge < -0.3 is 0 Å². The molecule has 2 rings (SSSR count). The molecule has 0 bridgehead atoms. The van der Waals surface area contributed by atoms with Gasteiger partial charge in [0.15, 0.2) is 0 Å². The first-order valence-corrected chi connectivity index (χ1v) is 7.45. The normalized spacial score (nSPS) is 11.0. The second kappa shape index (κ2) is 4.16. The Labute approximate surface area is 111 Å². The smallest absolute Gasteiger partial charge is 0.0706 e. The Bertz CT molecular complexity index is 450. The lowest BCUT2D eigenvalue weighted by molar-refractivity contribution is 1.51. The fourth-order valence-corrected chi connectivity index (χ4v) is 5.20. The topological polar surface area (TPSA) is 0 Å². The summed E-state index contributed by atoms with van der Waals surface area (Å²) in [5.41, 5.74) is 1.41. The van der Waals surface area contributed by atoms with E-state index in [1.807, 2.05) is 11.3 Å².